The van der Waals surface area contributed by atoms with Crippen LogP contribution in [0.2, 0.25) is 0 Å². The molecule has 1 saturated carbocycles. The van der Waals surface area contributed by atoms with Crippen molar-refractivity contribution in [2.75, 3.05) is 24.5 Å². The molecule has 1 unspecified atom stereocenters. The number of anilines is 1. The van der Waals surface area contributed by atoms with Gasteiger partial charge in [-0.15, -0.1) is 0 Å². The van der Waals surface area contributed by atoms with Crippen LogP contribution in [0.5, 0.6) is 0 Å². The van der Waals surface area contributed by atoms with E-state index in [9.17, 15) is 4.79 Å². The number of rotatable bonds is 6. The van der Waals surface area contributed by atoms with E-state index >= 15 is 0 Å². The van der Waals surface area contributed by atoms with Crippen molar-refractivity contribution in [2.24, 2.45) is 5.92 Å². The molecule has 0 aromatic carbocycles. The van der Waals surface area contributed by atoms with Gasteiger partial charge in [0.05, 0.1) is 6.04 Å². The van der Waals surface area contributed by atoms with E-state index in [1.54, 1.807) is 0 Å². The van der Waals surface area contributed by atoms with E-state index in [1.807, 2.05) is 12.3 Å². The zero-order valence-corrected chi connectivity index (χ0v) is 20.0. The quantitative estimate of drug-likeness (QED) is 0.636. The molecule has 1 aliphatic carbocycles. The Morgan fingerprint density at radius 3 is 2.70 bits per heavy atom. The van der Waals surface area contributed by atoms with Crippen LogP contribution in [-0.2, 0) is 17.6 Å². The van der Waals surface area contributed by atoms with Crippen molar-refractivity contribution in [3.05, 3.63) is 47.2 Å². The van der Waals surface area contributed by atoms with Crippen molar-refractivity contribution in [1.82, 2.24) is 19.9 Å². The lowest BCUT2D eigenvalue weighted by Crippen LogP contribution is -2.40. The second-order valence-electron chi connectivity index (χ2n) is 10.1. The first-order valence-electron chi connectivity index (χ1n) is 13.0. The lowest BCUT2D eigenvalue weighted by molar-refractivity contribution is -0.136. The number of nitrogens with zero attached hydrogens (tertiary/aromatic N) is 5. The predicted octanol–water partition coefficient (Wildman–Crippen LogP) is 4.81. The van der Waals surface area contributed by atoms with Gasteiger partial charge in [0.1, 0.15) is 5.82 Å². The van der Waals surface area contributed by atoms with Gasteiger partial charge < -0.3 is 9.80 Å². The smallest absolute Gasteiger partial charge is 0.223 e. The van der Waals surface area contributed by atoms with Crippen molar-refractivity contribution in [3.63, 3.8) is 0 Å². The summed E-state index contributed by atoms with van der Waals surface area (Å²) in [5.74, 6) is 2.84. The molecule has 0 N–H and O–H groups in total. The van der Waals surface area contributed by atoms with Crippen LogP contribution in [0.1, 0.15) is 86.6 Å². The van der Waals surface area contributed by atoms with Gasteiger partial charge in [-0.05, 0) is 69.9 Å². The summed E-state index contributed by atoms with van der Waals surface area (Å²) in [6.45, 7) is 4.90. The molecular formula is C27H37N5O. The molecule has 33 heavy (non-hydrogen) atoms. The maximum absolute atomic E-state index is 13.3. The van der Waals surface area contributed by atoms with E-state index in [0.29, 0.717) is 18.2 Å². The number of piperidine rings is 1. The minimum atomic E-state index is 0.0243. The van der Waals surface area contributed by atoms with Crippen molar-refractivity contribution in [3.8, 4) is 0 Å². The van der Waals surface area contributed by atoms with Crippen molar-refractivity contribution in [1.29, 1.82) is 0 Å². The van der Waals surface area contributed by atoms with E-state index < -0.39 is 0 Å². The highest BCUT2D eigenvalue weighted by molar-refractivity contribution is 5.77. The molecule has 0 radical (unpaired) electrons. The fourth-order valence-electron chi connectivity index (χ4n) is 5.95. The molecule has 2 fully saturated rings. The van der Waals surface area contributed by atoms with Gasteiger partial charge in [0.15, 0.2) is 5.82 Å². The number of carbonyl (C=O) groups is 1. The van der Waals surface area contributed by atoms with Crippen molar-refractivity contribution < 1.29 is 4.79 Å². The number of aromatic nitrogens is 3. The van der Waals surface area contributed by atoms with Gasteiger partial charge in [-0.2, -0.15) is 0 Å². The summed E-state index contributed by atoms with van der Waals surface area (Å²) < 4.78 is 0. The van der Waals surface area contributed by atoms with Gasteiger partial charge in [0, 0.05) is 55.6 Å². The third-order valence-electron chi connectivity index (χ3n) is 7.79. The first-order valence-corrected chi connectivity index (χ1v) is 13.0. The first-order chi connectivity index (χ1) is 16.2. The fraction of sp³-hybridized carbons (Fsp3) is 0.630. The van der Waals surface area contributed by atoms with Crippen LogP contribution in [-0.4, -0.2) is 45.4 Å². The Morgan fingerprint density at radius 1 is 1.03 bits per heavy atom. The molecule has 176 valence electrons. The number of fused-ring (bicyclic) bond motifs is 1. The monoisotopic (exact) mass is 447 g/mol. The molecule has 2 aromatic rings. The second-order valence-corrected chi connectivity index (χ2v) is 10.1. The van der Waals surface area contributed by atoms with Crippen LogP contribution in [0.25, 0.3) is 0 Å². The zero-order valence-electron chi connectivity index (χ0n) is 20.0. The van der Waals surface area contributed by atoms with E-state index in [0.717, 1.165) is 81.2 Å². The first kappa shape index (κ1) is 22.3. The van der Waals surface area contributed by atoms with Gasteiger partial charge in [-0.3, -0.25) is 9.78 Å². The van der Waals surface area contributed by atoms with Crippen LogP contribution in [0, 0.1) is 12.8 Å². The number of amides is 1. The topological polar surface area (TPSA) is 62.2 Å². The minimum absolute atomic E-state index is 0.0243. The molecule has 4 heterocycles. The summed E-state index contributed by atoms with van der Waals surface area (Å²) in [6.07, 6.45) is 13.8. The maximum Gasteiger partial charge on any atom is 0.223 e. The highest BCUT2D eigenvalue weighted by Gasteiger charge is 2.33. The lowest BCUT2D eigenvalue weighted by Gasteiger charge is -2.37. The van der Waals surface area contributed by atoms with Crippen LogP contribution < -0.4 is 4.90 Å². The highest BCUT2D eigenvalue weighted by Crippen LogP contribution is 2.35. The van der Waals surface area contributed by atoms with E-state index in [1.165, 1.54) is 31.2 Å². The van der Waals surface area contributed by atoms with Gasteiger partial charge in [0.25, 0.3) is 0 Å². The van der Waals surface area contributed by atoms with Gasteiger partial charge in [-0.25, -0.2) is 9.97 Å². The third kappa shape index (κ3) is 5.04. The Labute approximate surface area is 197 Å². The maximum atomic E-state index is 13.3. The van der Waals surface area contributed by atoms with Crippen LogP contribution in [0.3, 0.4) is 0 Å². The van der Waals surface area contributed by atoms with Crippen LogP contribution >= 0.6 is 0 Å². The van der Waals surface area contributed by atoms with Crippen LogP contribution in [0.4, 0.5) is 5.82 Å². The number of carbonyl (C=O) groups excluding carboxylic acids is 1. The minimum Gasteiger partial charge on any atom is -0.356 e. The second kappa shape index (κ2) is 10.2. The Hall–Kier alpha value is -2.50. The number of hydrogen-bond donors (Lipinski definition) is 0. The standard InChI is InChI=1S/C27H37N5O/c1-20-23-12-8-16-31(18-14-22-11-4-6-15-28-22)27(23)30-26(29-20)24-13-5-7-17-32(24)25(33)19-21-9-2-3-10-21/h4,6,11,15,21,24H,2-3,5,7-10,12-14,16-19H2,1H3. The summed E-state index contributed by atoms with van der Waals surface area (Å²) in [4.78, 5) is 32.5. The summed E-state index contributed by atoms with van der Waals surface area (Å²) in [5.41, 5.74) is 3.49. The molecule has 3 aliphatic rings. The molecule has 1 atom stereocenters. The van der Waals surface area contributed by atoms with Gasteiger partial charge in [-0.1, -0.05) is 18.9 Å². The molecule has 2 aliphatic heterocycles. The van der Waals surface area contributed by atoms with Gasteiger partial charge >= 0.3 is 0 Å². The number of pyridine rings is 1. The van der Waals surface area contributed by atoms with Gasteiger partial charge in [0.2, 0.25) is 5.91 Å². The normalized spacial score (nSPS) is 21.3. The Kier molecular flexibility index (Phi) is 6.88. The predicted molar refractivity (Wildman–Crippen MR) is 130 cm³/mol. The number of hydrogen-bond acceptors (Lipinski definition) is 5. The Morgan fingerprint density at radius 2 is 1.88 bits per heavy atom. The molecule has 0 spiro atoms. The Bertz CT molecular complexity index is 956. The average Bonchev–Trinajstić information content (AvgIpc) is 3.36. The molecule has 1 saturated heterocycles. The fourth-order valence-corrected chi connectivity index (χ4v) is 5.95. The largest absolute Gasteiger partial charge is 0.356 e. The number of aryl methyl sites for hydroxylation is 1. The third-order valence-corrected chi connectivity index (χ3v) is 7.79. The van der Waals surface area contributed by atoms with E-state index in [2.05, 4.69) is 33.8 Å². The van der Waals surface area contributed by atoms with E-state index in [-0.39, 0.29) is 6.04 Å². The SMILES string of the molecule is Cc1nc(C2CCCCN2C(=O)CC2CCCC2)nc2c1CCCN2CCc1ccccn1. The molecule has 1 amide bonds. The average molecular weight is 448 g/mol. The van der Waals surface area contributed by atoms with Crippen LogP contribution in [0.15, 0.2) is 24.4 Å². The van der Waals surface area contributed by atoms with Crippen molar-refractivity contribution >= 4 is 11.7 Å². The molecule has 5 rings (SSSR count). The highest BCUT2D eigenvalue weighted by atomic mass is 16.2. The van der Waals surface area contributed by atoms with E-state index in [4.69, 9.17) is 9.97 Å². The summed E-state index contributed by atoms with van der Waals surface area (Å²) >= 11 is 0. The molecule has 6 heteroatoms. The molecular weight excluding hydrogens is 410 g/mol. The molecule has 2 aromatic heterocycles. The zero-order chi connectivity index (χ0) is 22.6. The summed E-state index contributed by atoms with van der Waals surface area (Å²) in [5, 5.41) is 0. The Balaban J connectivity index is 1.37. The number of likely N-dealkylation sites (tertiary alicyclic amines) is 1. The lowest BCUT2D eigenvalue weighted by atomic mass is 9.97. The summed E-state index contributed by atoms with van der Waals surface area (Å²) in [7, 11) is 0. The van der Waals surface area contributed by atoms with Crippen molar-refractivity contribution in [2.45, 2.75) is 83.6 Å². The summed E-state index contributed by atoms with van der Waals surface area (Å²) in [6, 6.07) is 6.14. The molecule has 0 bridgehead atoms. The molecule has 6 nitrogen and oxygen atoms in total.